The third-order valence-corrected chi connectivity index (χ3v) is 5.85. The predicted molar refractivity (Wildman–Crippen MR) is 149 cm³/mol. The Morgan fingerprint density at radius 3 is 2.49 bits per heavy atom. The van der Waals surface area contributed by atoms with Gasteiger partial charge >= 0.3 is 6.09 Å². The van der Waals surface area contributed by atoms with Gasteiger partial charge in [0.05, 0.1) is 30.4 Å². The summed E-state index contributed by atoms with van der Waals surface area (Å²) in [4.78, 5) is 23.3. The van der Waals surface area contributed by atoms with E-state index in [2.05, 4.69) is 30.8 Å². The molecule has 0 radical (unpaired) electrons. The Morgan fingerprint density at radius 2 is 1.81 bits per heavy atom. The molecule has 1 fully saturated rings. The third-order valence-electron chi connectivity index (χ3n) is 5.57. The number of hydrogen-bond donors (Lipinski definition) is 4. The first-order valence-corrected chi connectivity index (χ1v) is 12.4. The van der Waals surface area contributed by atoms with Gasteiger partial charge in [0.15, 0.2) is 5.82 Å². The predicted octanol–water partition coefficient (Wildman–Crippen LogP) is 6.16. The average molecular weight is 526 g/mol. The van der Waals surface area contributed by atoms with Gasteiger partial charge in [-0.15, -0.1) is 0 Å². The first-order valence-electron chi connectivity index (χ1n) is 12.0. The van der Waals surface area contributed by atoms with Gasteiger partial charge in [0.25, 0.3) is 0 Å². The van der Waals surface area contributed by atoms with Crippen molar-refractivity contribution in [3.8, 4) is 5.75 Å². The van der Waals surface area contributed by atoms with Crippen molar-refractivity contribution < 1.29 is 14.3 Å². The van der Waals surface area contributed by atoms with E-state index in [4.69, 9.17) is 26.8 Å². The zero-order chi connectivity index (χ0) is 26.6. The molecule has 2 aromatic carbocycles. The Morgan fingerprint density at radius 1 is 1.08 bits per heavy atom. The van der Waals surface area contributed by atoms with Gasteiger partial charge in [-0.05, 0) is 70.0 Å². The van der Waals surface area contributed by atoms with E-state index in [1.807, 2.05) is 18.2 Å². The number of hydrogen-bond acceptors (Lipinski definition) is 9. The van der Waals surface area contributed by atoms with Crippen LogP contribution >= 0.6 is 11.6 Å². The highest BCUT2D eigenvalue weighted by Gasteiger charge is 2.18. The fourth-order valence-corrected chi connectivity index (χ4v) is 4.09. The summed E-state index contributed by atoms with van der Waals surface area (Å²) < 4.78 is 10.8. The van der Waals surface area contributed by atoms with Gasteiger partial charge in [0.2, 0.25) is 5.95 Å². The molecule has 0 saturated carbocycles. The summed E-state index contributed by atoms with van der Waals surface area (Å²) in [6.45, 7) is 7.43. The molecule has 1 aromatic heterocycles. The molecular formula is C26H32ClN7O3. The summed E-state index contributed by atoms with van der Waals surface area (Å²) >= 11 is 6.39. The van der Waals surface area contributed by atoms with Crippen LogP contribution in [0.15, 0.2) is 42.6 Å². The van der Waals surface area contributed by atoms with Gasteiger partial charge in [-0.2, -0.15) is 4.98 Å². The Kier molecular flexibility index (Phi) is 7.77. The van der Waals surface area contributed by atoms with Gasteiger partial charge in [0, 0.05) is 24.5 Å². The fraction of sp³-hybridized carbons (Fsp3) is 0.346. The highest BCUT2D eigenvalue weighted by atomic mass is 35.5. The number of nitrogens with one attached hydrogen (secondary N) is 3. The molecule has 0 spiro atoms. The largest absolute Gasteiger partial charge is 0.495 e. The van der Waals surface area contributed by atoms with E-state index in [9.17, 15) is 4.79 Å². The van der Waals surface area contributed by atoms with Crippen molar-refractivity contribution in [3.05, 3.63) is 47.6 Å². The quantitative estimate of drug-likeness (QED) is 0.268. The normalized spacial score (nSPS) is 13.3. The molecule has 1 aliphatic rings. The van der Waals surface area contributed by atoms with Crippen LogP contribution in [0.3, 0.4) is 0 Å². The van der Waals surface area contributed by atoms with E-state index in [-0.39, 0.29) is 0 Å². The third kappa shape index (κ3) is 6.85. The molecule has 1 aliphatic heterocycles. The molecule has 0 aliphatic carbocycles. The van der Waals surface area contributed by atoms with Crippen molar-refractivity contribution in [3.63, 3.8) is 0 Å². The van der Waals surface area contributed by atoms with Crippen LogP contribution in [0.2, 0.25) is 5.02 Å². The lowest BCUT2D eigenvalue weighted by Gasteiger charge is -2.20. The molecule has 5 N–H and O–H groups in total. The number of nitrogen functional groups attached to an aromatic ring is 1. The monoisotopic (exact) mass is 525 g/mol. The van der Waals surface area contributed by atoms with Crippen molar-refractivity contribution in [2.24, 2.45) is 0 Å². The van der Waals surface area contributed by atoms with Gasteiger partial charge in [-0.25, -0.2) is 9.78 Å². The summed E-state index contributed by atoms with van der Waals surface area (Å²) in [5, 5.41) is 9.37. The van der Waals surface area contributed by atoms with Crippen LogP contribution in [0.4, 0.5) is 45.0 Å². The van der Waals surface area contributed by atoms with Crippen LogP contribution in [0, 0.1) is 0 Å². The molecule has 0 bridgehead atoms. The number of ether oxygens (including phenoxy) is 2. The van der Waals surface area contributed by atoms with Crippen molar-refractivity contribution in [1.29, 1.82) is 0 Å². The minimum absolute atomic E-state index is 0.307. The number of methoxy groups -OCH3 is 1. The molecule has 37 heavy (non-hydrogen) atoms. The molecule has 11 heteroatoms. The smallest absolute Gasteiger partial charge is 0.412 e. The number of carbonyl (C=O) groups is 1. The number of halogens is 1. The van der Waals surface area contributed by atoms with Crippen LogP contribution < -0.4 is 31.3 Å². The molecular weight excluding hydrogens is 494 g/mol. The van der Waals surface area contributed by atoms with Gasteiger partial charge in [0.1, 0.15) is 16.4 Å². The average Bonchev–Trinajstić information content (AvgIpc) is 3.35. The highest BCUT2D eigenvalue weighted by molar-refractivity contribution is 6.33. The maximum absolute atomic E-state index is 12.2. The second-order valence-electron chi connectivity index (χ2n) is 9.65. The number of benzene rings is 2. The number of aromatic nitrogens is 2. The lowest BCUT2D eigenvalue weighted by atomic mass is 10.2. The molecule has 0 atom stereocenters. The summed E-state index contributed by atoms with van der Waals surface area (Å²) in [6, 6.07) is 10.9. The lowest BCUT2D eigenvalue weighted by Crippen LogP contribution is -2.27. The Bertz CT molecular complexity index is 1270. The maximum Gasteiger partial charge on any atom is 0.412 e. The molecule has 10 nitrogen and oxygen atoms in total. The van der Waals surface area contributed by atoms with Gasteiger partial charge in [-0.1, -0.05) is 11.6 Å². The second kappa shape index (κ2) is 11.0. The number of rotatable bonds is 7. The van der Waals surface area contributed by atoms with Crippen LogP contribution in [0.1, 0.15) is 33.6 Å². The van der Waals surface area contributed by atoms with Gasteiger partial charge in [-0.3, -0.25) is 5.32 Å². The van der Waals surface area contributed by atoms with Crippen molar-refractivity contribution >= 4 is 57.9 Å². The summed E-state index contributed by atoms with van der Waals surface area (Å²) in [5.41, 5.74) is 9.24. The van der Waals surface area contributed by atoms with E-state index < -0.39 is 11.7 Å². The number of nitrogens with zero attached hydrogens (tertiary/aromatic N) is 3. The number of anilines is 7. The minimum Gasteiger partial charge on any atom is -0.495 e. The SMILES string of the molecule is COc1ccc(NC(=O)OC(C)(C)C)cc1Nc1nc(Nc2ccc(N3CCCC3)c(N)c2)ncc1Cl. The summed E-state index contributed by atoms with van der Waals surface area (Å²) in [5.74, 6) is 1.22. The number of amides is 1. The van der Waals surface area contributed by atoms with Crippen molar-refractivity contribution in [2.45, 2.75) is 39.2 Å². The standard InChI is InChI=1S/C26H32ClN7O3/c1-26(2,3)37-25(35)31-17-8-10-22(36-4)20(14-17)32-23-18(27)15-29-24(33-23)30-16-7-9-21(19(28)13-16)34-11-5-6-12-34/h7-10,13-15H,5-6,11-12,28H2,1-4H3,(H,31,35)(H2,29,30,32,33). The molecule has 2 heterocycles. The topological polar surface area (TPSA) is 127 Å². The fourth-order valence-electron chi connectivity index (χ4n) is 3.95. The Hall–Kier alpha value is -3.92. The first-order chi connectivity index (χ1) is 17.6. The highest BCUT2D eigenvalue weighted by Crippen LogP contribution is 2.34. The second-order valence-corrected chi connectivity index (χ2v) is 10.1. The van der Waals surface area contributed by atoms with Crippen LogP contribution in [0.25, 0.3) is 0 Å². The molecule has 1 amide bonds. The minimum atomic E-state index is -0.616. The van der Waals surface area contributed by atoms with E-state index in [1.54, 1.807) is 46.1 Å². The molecule has 1 saturated heterocycles. The molecule has 4 rings (SSSR count). The summed E-state index contributed by atoms with van der Waals surface area (Å²) in [7, 11) is 1.55. The van der Waals surface area contributed by atoms with E-state index >= 15 is 0 Å². The number of nitrogens with two attached hydrogens (primary N) is 1. The summed E-state index contributed by atoms with van der Waals surface area (Å²) in [6.07, 6.45) is 3.29. The van der Waals surface area contributed by atoms with E-state index in [0.29, 0.717) is 39.6 Å². The zero-order valence-electron chi connectivity index (χ0n) is 21.4. The van der Waals surface area contributed by atoms with Crippen LogP contribution in [0.5, 0.6) is 5.75 Å². The first kappa shape index (κ1) is 26.2. The molecule has 196 valence electrons. The van der Waals surface area contributed by atoms with E-state index in [0.717, 1.165) is 24.5 Å². The molecule has 3 aromatic rings. The number of carbonyl (C=O) groups excluding carboxylic acids is 1. The van der Waals surface area contributed by atoms with Crippen molar-refractivity contribution in [2.75, 3.05) is 46.8 Å². The van der Waals surface area contributed by atoms with E-state index in [1.165, 1.54) is 19.0 Å². The Balaban J connectivity index is 1.51. The van der Waals surface area contributed by atoms with Crippen molar-refractivity contribution in [1.82, 2.24) is 9.97 Å². The maximum atomic E-state index is 12.2. The Labute approximate surface area is 221 Å². The zero-order valence-corrected chi connectivity index (χ0v) is 22.1. The lowest BCUT2D eigenvalue weighted by molar-refractivity contribution is 0.0636. The van der Waals surface area contributed by atoms with Gasteiger partial charge < -0.3 is 30.7 Å². The molecule has 0 unspecified atom stereocenters. The van der Waals surface area contributed by atoms with Crippen LogP contribution in [-0.2, 0) is 4.74 Å². The van der Waals surface area contributed by atoms with Crippen LogP contribution in [-0.4, -0.2) is 41.9 Å².